The number of carbonyl (C=O) groups excluding carboxylic acids is 3. The molecule has 134 valence electrons. The van der Waals surface area contributed by atoms with Crippen molar-refractivity contribution in [3.63, 3.8) is 0 Å². The minimum atomic E-state index is -0.688. The summed E-state index contributed by atoms with van der Waals surface area (Å²) in [6.07, 6.45) is 6.79. The van der Waals surface area contributed by atoms with Crippen LogP contribution in [0.1, 0.15) is 59.3 Å². The summed E-state index contributed by atoms with van der Waals surface area (Å²) in [4.78, 5) is 36.4. The summed E-state index contributed by atoms with van der Waals surface area (Å²) in [5, 5.41) is 2.61. The number of nitrogens with one attached hydrogen (secondary N) is 1. The Morgan fingerprint density at radius 1 is 1.04 bits per heavy atom. The van der Waals surface area contributed by atoms with E-state index in [-0.39, 0.29) is 29.6 Å². The summed E-state index contributed by atoms with van der Waals surface area (Å²) in [6, 6.07) is -0.688. The zero-order chi connectivity index (χ0) is 17.5. The Bertz CT molecular complexity index is 504. The van der Waals surface area contributed by atoms with Gasteiger partial charge < -0.3 is 10.1 Å². The van der Waals surface area contributed by atoms with Crippen LogP contribution in [0.4, 0.5) is 0 Å². The van der Waals surface area contributed by atoms with E-state index in [1.54, 1.807) is 0 Å². The monoisotopic (exact) mass is 335 g/mol. The number of esters is 1. The van der Waals surface area contributed by atoms with Gasteiger partial charge in [-0.15, -0.1) is 0 Å². The molecule has 5 nitrogen and oxygen atoms in total. The topological polar surface area (TPSA) is 72.5 Å². The summed E-state index contributed by atoms with van der Waals surface area (Å²) >= 11 is 0. The van der Waals surface area contributed by atoms with Gasteiger partial charge in [0.2, 0.25) is 5.91 Å². The van der Waals surface area contributed by atoms with Crippen LogP contribution in [0.25, 0.3) is 0 Å². The Morgan fingerprint density at radius 2 is 1.54 bits per heavy atom. The van der Waals surface area contributed by atoms with E-state index in [0.29, 0.717) is 17.8 Å². The Labute approximate surface area is 143 Å². The molecule has 4 bridgehead atoms. The molecule has 1 amide bonds. The van der Waals surface area contributed by atoms with Crippen LogP contribution in [0.3, 0.4) is 0 Å². The van der Waals surface area contributed by atoms with Gasteiger partial charge in [-0.25, -0.2) is 4.79 Å². The first kappa shape index (κ1) is 17.4. The predicted octanol–water partition coefficient (Wildman–Crippen LogP) is 2.48. The van der Waals surface area contributed by atoms with Crippen molar-refractivity contribution in [1.82, 2.24) is 5.32 Å². The SMILES string of the molecule is CC(=O)N[C@@H](C(=O)OCC(=O)C12CC3CC(CC(C3)C1)C2)C(C)C. The zero-order valence-electron chi connectivity index (χ0n) is 15.0. The molecule has 5 heteroatoms. The summed E-state index contributed by atoms with van der Waals surface area (Å²) in [5.74, 6) is 1.34. The third-order valence-electron chi connectivity index (χ3n) is 6.25. The molecule has 4 fully saturated rings. The highest BCUT2D eigenvalue weighted by atomic mass is 16.5. The standard InChI is InChI=1S/C19H29NO4/c1-11(2)17(20-12(3)21)18(23)24-10-16(22)19-7-13-4-14(8-19)6-15(5-13)9-19/h11,13-15,17H,4-10H2,1-3H3,(H,20,21)/t13?,14?,15?,17-,19?/m1/s1. The van der Waals surface area contributed by atoms with Crippen LogP contribution in [0.2, 0.25) is 0 Å². The van der Waals surface area contributed by atoms with Crippen molar-refractivity contribution < 1.29 is 19.1 Å². The molecule has 4 aliphatic carbocycles. The van der Waals surface area contributed by atoms with E-state index >= 15 is 0 Å². The van der Waals surface area contributed by atoms with Gasteiger partial charge in [-0.1, -0.05) is 13.8 Å². The van der Waals surface area contributed by atoms with Crippen LogP contribution in [0.15, 0.2) is 0 Å². The summed E-state index contributed by atoms with van der Waals surface area (Å²) in [6.45, 7) is 4.93. The highest BCUT2D eigenvalue weighted by molar-refractivity contribution is 5.89. The van der Waals surface area contributed by atoms with Crippen molar-refractivity contribution in [2.24, 2.45) is 29.1 Å². The molecule has 0 spiro atoms. The maximum absolute atomic E-state index is 12.9. The van der Waals surface area contributed by atoms with Gasteiger partial charge in [0.05, 0.1) is 0 Å². The molecule has 0 aromatic rings. The van der Waals surface area contributed by atoms with Crippen molar-refractivity contribution >= 4 is 17.7 Å². The largest absolute Gasteiger partial charge is 0.456 e. The smallest absolute Gasteiger partial charge is 0.329 e. The number of ether oxygens (including phenoxy) is 1. The molecule has 0 heterocycles. The normalized spacial score (nSPS) is 34.9. The van der Waals surface area contributed by atoms with Gasteiger partial charge in [0.1, 0.15) is 6.04 Å². The lowest BCUT2D eigenvalue weighted by atomic mass is 9.48. The van der Waals surface area contributed by atoms with Gasteiger partial charge in [0.15, 0.2) is 12.4 Å². The van der Waals surface area contributed by atoms with Crippen LogP contribution in [0.5, 0.6) is 0 Å². The van der Waals surface area contributed by atoms with E-state index in [0.717, 1.165) is 19.3 Å². The van der Waals surface area contributed by atoms with Crippen molar-refractivity contribution in [3.05, 3.63) is 0 Å². The van der Waals surface area contributed by atoms with Gasteiger partial charge in [-0.2, -0.15) is 0 Å². The summed E-state index contributed by atoms with van der Waals surface area (Å²) in [7, 11) is 0. The van der Waals surface area contributed by atoms with Crippen molar-refractivity contribution in [2.45, 2.75) is 65.3 Å². The number of hydrogen-bond donors (Lipinski definition) is 1. The van der Waals surface area contributed by atoms with Crippen LogP contribution in [-0.4, -0.2) is 30.3 Å². The molecule has 4 saturated carbocycles. The van der Waals surface area contributed by atoms with E-state index in [1.807, 2.05) is 13.8 Å². The van der Waals surface area contributed by atoms with E-state index < -0.39 is 12.0 Å². The van der Waals surface area contributed by atoms with Crippen molar-refractivity contribution in [1.29, 1.82) is 0 Å². The van der Waals surface area contributed by atoms with Gasteiger partial charge in [-0.3, -0.25) is 9.59 Å². The number of carbonyl (C=O) groups is 3. The predicted molar refractivity (Wildman–Crippen MR) is 89.0 cm³/mol. The second-order valence-corrected chi connectivity index (χ2v) is 8.65. The van der Waals surface area contributed by atoms with Crippen LogP contribution in [0, 0.1) is 29.1 Å². The van der Waals surface area contributed by atoms with Crippen LogP contribution >= 0.6 is 0 Å². The minimum Gasteiger partial charge on any atom is -0.456 e. The molecule has 0 radical (unpaired) electrons. The maximum atomic E-state index is 12.9. The summed E-state index contributed by atoms with van der Waals surface area (Å²) < 4.78 is 5.31. The van der Waals surface area contributed by atoms with Gasteiger partial charge in [0.25, 0.3) is 0 Å². The molecule has 24 heavy (non-hydrogen) atoms. The summed E-state index contributed by atoms with van der Waals surface area (Å²) in [5.41, 5.74) is -0.240. The molecular weight excluding hydrogens is 306 g/mol. The third kappa shape index (κ3) is 3.35. The van der Waals surface area contributed by atoms with Crippen molar-refractivity contribution in [3.8, 4) is 0 Å². The fraction of sp³-hybridized carbons (Fsp3) is 0.842. The van der Waals surface area contributed by atoms with E-state index in [1.165, 1.54) is 26.2 Å². The zero-order valence-corrected chi connectivity index (χ0v) is 15.0. The second-order valence-electron chi connectivity index (χ2n) is 8.65. The maximum Gasteiger partial charge on any atom is 0.329 e. The molecule has 0 saturated heterocycles. The van der Waals surface area contributed by atoms with E-state index in [9.17, 15) is 14.4 Å². The van der Waals surface area contributed by atoms with Gasteiger partial charge in [0, 0.05) is 12.3 Å². The molecule has 4 rings (SSSR count). The minimum absolute atomic E-state index is 0.0731. The molecular formula is C19H29NO4. The Balaban J connectivity index is 1.59. The average Bonchev–Trinajstić information content (AvgIpc) is 2.48. The third-order valence-corrected chi connectivity index (χ3v) is 6.25. The lowest BCUT2D eigenvalue weighted by Crippen LogP contribution is -2.51. The van der Waals surface area contributed by atoms with Gasteiger partial charge in [-0.05, 0) is 62.2 Å². The van der Waals surface area contributed by atoms with Crippen LogP contribution < -0.4 is 5.32 Å². The Hall–Kier alpha value is -1.39. The number of Topliss-reactive ketones (excluding diaryl/α,β-unsaturated/α-hetero) is 1. The molecule has 0 aliphatic heterocycles. The first-order chi connectivity index (χ1) is 11.3. The molecule has 1 atom stereocenters. The quantitative estimate of drug-likeness (QED) is 0.757. The number of amides is 1. The average molecular weight is 335 g/mol. The van der Waals surface area contributed by atoms with Crippen molar-refractivity contribution in [2.75, 3.05) is 6.61 Å². The highest BCUT2D eigenvalue weighted by Crippen LogP contribution is 2.60. The van der Waals surface area contributed by atoms with E-state index in [4.69, 9.17) is 4.74 Å². The first-order valence-corrected chi connectivity index (χ1v) is 9.26. The highest BCUT2D eigenvalue weighted by Gasteiger charge is 2.54. The molecule has 0 aromatic heterocycles. The first-order valence-electron chi connectivity index (χ1n) is 9.26. The second kappa shape index (κ2) is 6.49. The molecule has 1 N–H and O–H groups in total. The Morgan fingerprint density at radius 3 is 1.96 bits per heavy atom. The Kier molecular flexibility index (Phi) is 4.71. The number of rotatable bonds is 6. The lowest BCUT2D eigenvalue weighted by Gasteiger charge is -2.55. The lowest BCUT2D eigenvalue weighted by molar-refractivity contribution is -0.160. The van der Waals surface area contributed by atoms with E-state index in [2.05, 4.69) is 5.32 Å². The molecule has 0 unspecified atom stereocenters. The molecule has 4 aliphatic rings. The van der Waals surface area contributed by atoms with Crippen LogP contribution in [-0.2, 0) is 19.1 Å². The molecule has 0 aromatic carbocycles. The fourth-order valence-corrected chi connectivity index (χ4v) is 5.55. The number of ketones is 1. The van der Waals surface area contributed by atoms with Gasteiger partial charge >= 0.3 is 5.97 Å². The number of hydrogen-bond acceptors (Lipinski definition) is 4. The fourth-order valence-electron chi connectivity index (χ4n) is 5.55.